The van der Waals surface area contributed by atoms with E-state index < -0.39 is 6.10 Å². The minimum absolute atomic E-state index is 0.0835. The monoisotopic (exact) mass is 268 g/mol. The summed E-state index contributed by atoms with van der Waals surface area (Å²) in [7, 11) is 0. The van der Waals surface area contributed by atoms with E-state index in [0.717, 1.165) is 0 Å². The maximum Gasteiger partial charge on any atom is 0.0615 e. The van der Waals surface area contributed by atoms with Crippen molar-refractivity contribution in [2.45, 2.75) is 32.5 Å². The van der Waals surface area contributed by atoms with Gasteiger partial charge in [-0.15, -0.1) is 0 Å². The average molecular weight is 268 g/mol. The third kappa shape index (κ3) is 0.973. The summed E-state index contributed by atoms with van der Waals surface area (Å²) in [4.78, 5) is 0. The van der Waals surface area contributed by atoms with Crippen molar-refractivity contribution in [1.82, 2.24) is 0 Å². The number of aliphatic hydroxyl groups is 4. The van der Waals surface area contributed by atoms with Gasteiger partial charge in [0.05, 0.1) is 12.2 Å². The van der Waals surface area contributed by atoms with Gasteiger partial charge in [0.15, 0.2) is 0 Å². The third-order valence-electron chi connectivity index (χ3n) is 7.69. The molecule has 0 aliphatic heterocycles. The Morgan fingerprint density at radius 3 is 2.42 bits per heavy atom. The molecule has 0 aromatic carbocycles. The first kappa shape index (κ1) is 12.6. The molecular formula is C15H24O4. The van der Waals surface area contributed by atoms with Gasteiger partial charge >= 0.3 is 0 Å². The van der Waals surface area contributed by atoms with E-state index in [0.29, 0.717) is 18.3 Å². The number of hydrogen-bond acceptors (Lipinski definition) is 4. The Bertz CT molecular complexity index is 424. The topological polar surface area (TPSA) is 80.9 Å². The van der Waals surface area contributed by atoms with Gasteiger partial charge in [-0.25, -0.2) is 0 Å². The van der Waals surface area contributed by atoms with Crippen LogP contribution in [0.3, 0.4) is 0 Å². The molecule has 10 atom stereocenters. The second-order valence-corrected chi connectivity index (χ2v) is 7.70. The van der Waals surface area contributed by atoms with Crippen molar-refractivity contribution in [2.75, 3.05) is 13.2 Å². The zero-order valence-electron chi connectivity index (χ0n) is 11.5. The van der Waals surface area contributed by atoms with Gasteiger partial charge in [0.1, 0.15) is 0 Å². The van der Waals surface area contributed by atoms with E-state index in [1.807, 2.05) is 6.92 Å². The Labute approximate surface area is 113 Å². The van der Waals surface area contributed by atoms with Crippen LogP contribution >= 0.6 is 0 Å². The predicted molar refractivity (Wildman–Crippen MR) is 68.0 cm³/mol. The quantitative estimate of drug-likeness (QED) is 0.574. The van der Waals surface area contributed by atoms with E-state index in [9.17, 15) is 20.4 Å². The molecule has 5 saturated carbocycles. The number of rotatable bonds is 3. The fourth-order valence-electron chi connectivity index (χ4n) is 6.91. The maximum absolute atomic E-state index is 10.7. The summed E-state index contributed by atoms with van der Waals surface area (Å²) in [5.74, 6) is 1.46. The van der Waals surface area contributed by atoms with Gasteiger partial charge in [-0.3, -0.25) is 0 Å². The second-order valence-electron chi connectivity index (χ2n) is 7.70. The first-order valence-electron chi connectivity index (χ1n) is 7.54. The standard InChI is InChI=1S/C15H24O4/c1-6(4-16)7-3-8(18)14(2)11-9(7)10-12(13(11)19)15(10,14)5-17/h6-13,16-19H,3-5H2,1-2H3. The molecule has 4 nitrogen and oxygen atoms in total. The SMILES string of the molecule is CC(CO)C1CC(O)C2(C)C3C(O)C4C(C13)C42CO. The molecule has 4 heteroatoms. The summed E-state index contributed by atoms with van der Waals surface area (Å²) in [5.41, 5.74) is -0.571. The van der Waals surface area contributed by atoms with Gasteiger partial charge in [0.2, 0.25) is 0 Å². The normalized spacial score (nSPS) is 66.3. The van der Waals surface area contributed by atoms with E-state index in [1.54, 1.807) is 0 Å². The summed E-state index contributed by atoms with van der Waals surface area (Å²) in [6.07, 6.45) is -0.126. The molecule has 0 aromatic heterocycles. The smallest absolute Gasteiger partial charge is 0.0615 e. The minimum Gasteiger partial charge on any atom is -0.396 e. The highest BCUT2D eigenvalue weighted by molar-refractivity contribution is 5.39. The van der Waals surface area contributed by atoms with E-state index in [1.165, 1.54) is 0 Å². The molecule has 5 fully saturated rings. The van der Waals surface area contributed by atoms with Crippen molar-refractivity contribution in [3.05, 3.63) is 0 Å². The van der Waals surface area contributed by atoms with Crippen LogP contribution < -0.4 is 0 Å². The van der Waals surface area contributed by atoms with Crippen molar-refractivity contribution >= 4 is 0 Å². The summed E-state index contributed by atoms with van der Waals surface area (Å²) in [6.45, 7) is 4.32. The highest BCUT2D eigenvalue weighted by Gasteiger charge is 2.93. The summed E-state index contributed by atoms with van der Waals surface area (Å²) in [5, 5.41) is 40.6. The van der Waals surface area contributed by atoms with Gasteiger partial charge in [0.25, 0.3) is 0 Å². The van der Waals surface area contributed by atoms with Crippen LogP contribution in [-0.4, -0.2) is 45.8 Å². The second kappa shape index (κ2) is 3.35. The molecule has 0 heterocycles. The van der Waals surface area contributed by atoms with Gasteiger partial charge in [-0.2, -0.15) is 0 Å². The lowest BCUT2D eigenvalue weighted by Crippen LogP contribution is -2.50. The van der Waals surface area contributed by atoms with Crippen LogP contribution in [0.2, 0.25) is 0 Å². The molecule has 10 unspecified atom stereocenters. The van der Waals surface area contributed by atoms with Gasteiger partial charge < -0.3 is 20.4 Å². The van der Waals surface area contributed by atoms with Crippen LogP contribution in [0.25, 0.3) is 0 Å². The minimum atomic E-state index is -0.466. The van der Waals surface area contributed by atoms with Gasteiger partial charge in [-0.05, 0) is 41.9 Å². The lowest BCUT2D eigenvalue weighted by Gasteiger charge is -2.48. The third-order valence-corrected chi connectivity index (χ3v) is 7.69. The van der Waals surface area contributed by atoms with Crippen LogP contribution in [-0.2, 0) is 0 Å². The Hall–Kier alpha value is -0.160. The van der Waals surface area contributed by atoms with Crippen LogP contribution in [0.4, 0.5) is 0 Å². The van der Waals surface area contributed by atoms with Crippen LogP contribution in [0.1, 0.15) is 20.3 Å². The van der Waals surface area contributed by atoms with Crippen LogP contribution in [0, 0.1) is 46.3 Å². The molecule has 0 amide bonds. The van der Waals surface area contributed by atoms with E-state index in [4.69, 9.17) is 0 Å². The van der Waals surface area contributed by atoms with Crippen LogP contribution in [0.15, 0.2) is 0 Å². The molecule has 19 heavy (non-hydrogen) atoms. The van der Waals surface area contributed by atoms with Crippen molar-refractivity contribution in [3.8, 4) is 0 Å². The molecule has 0 spiro atoms. The van der Waals surface area contributed by atoms with Crippen LogP contribution in [0.5, 0.6) is 0 Å². The van der Waals surface area contributed by atoms with E-state index in [2.05, 4.69) is 6.92 Å². The molecule has 108 valence electrons. The molecule has 0 radical (unpaired) electrons. The van der Waals surface area contributed by atoms with Gasteiger partial charge in [0, 0.05) is 24.0 Å². The van der Waals surface area contributed by atoms with Crippen molar-refractivity contribution in [1.29, 1.82) is 0 Å². The fraction of sp³-hybridized carbons (Fsp3) is 1.00. The summed E-state index contributed by atoms with van der Waals surface area (Å²) >= 11 is 0. The molecule has 5 aliphatic carbocycles. The zero-order chi connectivity index (χ0) is 13.7. The van der Waals surface area contributed by atoms with Crippen molar-refractivity contribution in [3.63, 3.8) is 0 Å². The number of aliphatic hydroxyl groups excluding tert-OH is 4. The molecule has 5 rings (SSSR count). The first-order chi connectivity index (χ1) is 8.96. The molecule has 0 aromatic rings. The Balaban J connectivity index is 1.81. The van der Waals surface area contributed by atoms with E-state index >= 15 is 0 Å². The molecule has 0 saturated heterocycles. The Morgan fingerprint density at radius 1 is 1.16 bits per heavy atom. The Kier molecular flexibility index (Phi) is 2.22. The number of hydrogen-bond donors (Lipinski definition) is 4. The lowest BCUT2D eigenvalue weighted by molar-refractivity contribution is -0.107. The fourth-order valence-corrected chi connectivity index (χ4v) is 6.91. The van der Waals surface area contributed by atoms with Gasteiger partial charge in [-0.1, -0.05) is 13.8 Å². The average Bonchev–Trinajstić information content (AvgIpc) is 2.85. The molecule has 5 aliphatic rings. The summed E-state index contributed by atoms with van der Waals surface area (Å²) in [6, 6.07) is 0. The predicted octanol–water partition coefficient (Wildman–Crippen LogP) is -0.153. The molecule has 4 N–H and O–H groups in total. The van der Waals surface area contributed by atoms with Crippen molar-refractivity contribution in [2.24, 2.45) is 46.3 Å². The lowest BCUT2D eigenvalue weighted by atomic mass is 9.59. The highest BCUT2D eigenvalue weighted by atomic mass is 16.3. The van der Waals surface area contributed by atoms with Crippen molar-refractivity contribution < 1.29 is 20.4 Å². The molecular weight excluding hydrogens is 244 g/mol. The Morgan fingerprint density at radius 2 is 1.84 bits per heavy atom. The largest absolute Gasteiger partial charge is 0.396 e. The van der Waals surface area contributed by atoms with E-state index in [-0.39, 0.29) is 53.8 Å². The zero-order valence-corrected chi connectivity index (χ0v) is 11.5. The highest BCUT2D eigenvalue weighted by Crippen LogP contribution is 2.91. The molecule has 6 bridgehead atoms. The first-order valence-corrected chi connectivity index (χ1v) is 7.54. The maximum atomic E-state index is 10.7. The summed E-state index contributed by atoms with van der Waals surface area (Å²) < 4.78 is 0.